The Morgan fingerprint density at radius 3 is 2.20 bits per heavy atom. The summed E-state index contributed by atoms with van der Waals surface area (Å²) in [6.07, 6.45) is 3.44. The summed E-state index contributed by atoms with van der Waals surface area (Å²) in [5.74, 6) is 1.02. The van der Waals surface area contributed by atoms with Crippen molar-refractivity contribution >= 4 is 34.6 Å². The number of nitrogens with zero attached hydrogens (tertiary/aromatic N) is 4. The summed E-state index contributed by atoms with van der Waals surface area (Å²) in [6.45, 7) is 0. The predicted octanol–water partition coefficient (Wildman–Crippen LogP) is 5.29. The molecular formula is C32H27N4O2PPt. The maximum absolute atomic E-state index is 15.1. The fourth-order valence-corrected chi connectivity index (χ4v) is 7.71. The molecule has 0 bridgehead atoms. The number of hydrogen-bond acceptors (Lipinski definition) is 6. The molecule has 0 spiro atoms. The maximum Gasteiger partial charge on any atom is 2.00 e. The third kappa shape index (κ3) is 4.87. The van der Waals surface area contributed by atoms with E-state index in [4.69, 9.17) is 4.74 Å². The van der Waals surface area contributed by atoms with E-state index in [1.165, 1.54) is 0 Å². The van der Waals surface area contributed by atoms with Crippen LogP contribution in [0.3, 0.4) is 0 Å². The Balaban J connectivity index is 0.00000323. The molecule has 1 aliphatic rings. The van der Waals surface area contributed by atoms with Gasteiger partial charge in [-0.3, -0.25) is 4.98 Å². The molecule has 6 rings (SSSR count). The van der Waals surface area contributed by atoms with Crippen molar-refractivity contribution in [2.45, 2.75) is 0 Å². The molecule has 0 aliphatic carbocycles. The van der Waals surface area contributed by atoms with Crippen molar-refractivity contribution in [1.82, 2.24) is 9.97 Å². The SMILES string of the molecule is CN(C)c1ccnc(Oc2[c-]c(-c3[c-]c4c(cc3)-c3ccccc3P4(=O)c3cc(N(C)C)ccn3)ccc2)c1.[Pt+2]. The van der Waals surface area contributed by atoms with Gasteiger partial charge in [0.25, 0.3) is 0 Å². The molecule has 3 aromatic carbocycles. The van der Waals surface area contributed by atoms with Crippen molar-refractivity contribution in [3.8, 4) is 33.9 Å². The van der Waals surface area contributed by atoms with E-state index in [-0.39, 0.29) is 21.1 Å². The molecule has 40 heavy (non-hydrogen) atoms. The number of benzene rings is 3. The molecule has 0 N–H and O–H groups in total. The van der Waals surface area contributed by atoms with E-state index >= 15 is 4.57 Å². The van der Waals surface area contributed by atoms with E-state index in [0.717, 1.165) is 38.9 Å². The first kappa shape index (κ1) is 27.8. The van der Waals surface area contributed by atoms with Crippen LogP contribution in [0, 0.1) is 12.1 Å². The van der Waals surface area contributed by atoms with Crippen molar-refractivity contribution in [1.29, 1.82) is 0 Å². The minimum atomic E-state index is -3.25. The van der Waals surface area contributed by atoms with E-state index in [1.807, 2.05) is 117 Å². The fraction of sp³-hybridized carbons (Fsp3) is 0.125. The number of aromatic nitrogens is 2. The fourth-order valence-electron chi connectivity index (χ4n) is 4.81. The number of fused-ring (bicyclic) bond motifs is 3. The van der Waals surface area contributed by atoms with Crippen LogP contribution in [0.1, 0.15) is 0 Å². The molecule has 0 amide bonds. The molecule has 0 fully saturated rings. The molecule has 5 aromatic rings. The van der Waals surface area contributed by atoms with Gasteiger partial charge in [0.05, 0.1) is 0 Å². The molecule has 1 unspecified atom stereocenters. The van der Waals surface area contributed by atoms with Gasteiger partial charge in [-0.15, -0.1) is 18.2 Å². The molecule has 2 aromatic heterocycles. The zero-order valence-electron chi connectivity index (χ0n) is 22.5. The average molecular weight is 726 g/mol. The monoisotopic (exact) mass is 725 g/mol. The van der Waals surface area contributed by atoms with Gasteiger partial charge in [0.1, 0.15) is 5.44 Å². The number of pyridine rings is 2. The standard InChI is InChI=1S/C32H27N4O2P.Pt/c1-35(2)24-14-16-33-31(20-24)38-26-9-7-8-22(18-26)23-12-13-28-27-10-5-6-11-29(27)39(37,30(28)19-23)32-21-25(36(3)4)15-17-34-32;/h5-17,20-21H,1-4H3;/q-2;+2. The van der Waals surface area contributed by atoms with E-state index in [0.29, 0.717) is 22.4 Å². The smallest absolute Gasteiger partial charge is 0.460 e. The van der Waals surface area contributed by atoms with Gasteiger partial charge in [-0.1, -0.05) is 35.1 Å². The van der Waals surface area contributed by atoms with Crippen LogP contribution in [-0.4, -0.2) is 38.2 Å². The summed E-state index contributed by atoms with van der Waals surface area (Å²) in [7, 11) is 4.62. The summed E-state index contributed by atoms with van der Waals surface area (Å²) in [5.41, 5.74) is 5.95. The summed E-state index contributed by atoms with van der Waals surface area (Å²) in [5, 5.41) is 1.47. The number of anilines is 2. The molecule has 3 heterocycles. The van der Waals surface area contributed by atoms with Gasteiger partial charge in [-0.2, -0.15) is 24.3 Å². The first-order chi connectivity index (χ1) is 18.8. The number of ether oxygens (including phenoxy) is 1. The molecule has 1 aliphatic heterocycles. The summed E-state index contributed by atoms with van der Waals surface area (Å²) >= 11 is 0. The quantitative estimate of drug-likeness (QED) is 0.172. The van der Waals surface area contributed by atoms with E-state index in [2.05, 4.69) is 22.1 Å². The number of rotatable bonds is 6. The summed E-state index contributed by atoms with van der Waals surface area (Å²) in [6, 6.07) is 32.1. The zero-order valence-corrected chi connectivity index (χ0v) is 25.7. The van der Waals surface area contributed by atoms with Gasteiger partial charge in [0, 0.05) is 69.1 Å². The normalized spacial score (nSPS) is 15.0. The van der Waals surface area contributed by atoms with Crippen molar-refractivity contribution in [3.63, 3.8) is 0 Å². The molecule has 8 heteroatoms. The van der Waals surface area contributed by atoms with Crippen LogP contribution in [0.4, 0.5) is 11.4 Å². The Morgan fingerprint density at radius 2 is 1.43 bits per heavy atom. The Labute approximate surface area is 249 Å². The Hall–Kier alpha value is -3.72. The molecule has 0 radical (unpaired) electrons. The second-order valence-corrected chi connectivity index (χ2v) is 12.4. The number of hydrogen-bond donors (Lipinski definition) is 0. The Morgan fingerprint density at radius 1 is 0.725 bits per heavy atom. The molecule has 0 saturated heterocycles. The topological polar surface area (TPSA) is 58.6 Å². The van der Waals surface area contributed by atoms with Crippen molar-refractivity contribution in [3.05, 3.63) is 103 Å². The van der Waals surface area contributed by atoms with E-state index in [1.54, 1.807) is 12.4 Å². The zero-order chi connectivity index (χ0) is 27.1. The van der Waals surface area contributed by atoms with Crippen molar-refractivity contribution in [2.24, 2.45) is 0 Å². The van der Waals surface area contributed by atoms with Gasteiger partial charge in [0.2, 0.25) is 5.88 Å². The third-order valence-corrected chi connectivity index (χ3v) is 9.79. The molecule has 6 nitrogen and oxygen atoms in total. The maximum atomic E-state index is 15.1. The van der Waals surface area contributed by atoms with Crippen LogP contribution in [-0.2, 0) is 25.6 Å². The molecule has 0 saturated carbocycles. The molecular weight excluding hydrogens is 698 g/mol. The predicted molar refractivity (Wildman–Crippen MR) is 159 cm³/mol. The van der Waals surface area contributed by atoms with Gasteiger partial charge in [0.15, 0.2) is 7.14 Å². The molecule has 202 valence electrons. The first-order valence-corrected chi connectivity index (χ1v) is 14.3. The summed E-state index contributed by atoms with van der Waals surface area (Å²) < 4.78 is 21.1. The van der Waals surface area contributed by atoms with Gasteiger partial charge in [-0.25, -0.2) is 16.1 Å². The van der Waals surface area contributed by atoms with Crippen LogP contribution in [0.15, 0.2) is 91.3 Å². The molecule has 1 atom stereocenters. The summed E-state index contributed by atoms with van der Waals surface area (Å²) in [4.78, 5) is 12.9. The Kier molecular flexibility index (Phi) is 7.68. The first-order valence-electron chi connectivity index (χ1n) is 12.6. The van der Waals surface area contributed by atoms with Crippen LogP contribution in [0.25, 0.3) is 22.3 Å². The van der Waals surface area contributed by atoms with Crippen LogP contribution in [0.5, 0.6) is 11.6 Å². The van der Waals surface area contributed by atoms with Crippen molar-refractivity contribution in [2.75, 3.05) is 38.0 Å². The van der Waals surface area contributed by atoms with Gasteiger partial charge in [-0.05, 0) is 23.8 Å². The second kappa shape index (κ2) is 11.0. The van der Waals surface area contributed by atoms with Crippen LogP contribution < -0.4 is 30.6 Å². The van der Waals surface area contributed by atoms with Crippen molar-refractivity contribution < 1.29 is 30.4 Å². The Bertz CT molecular complexity index is 1760. The van der Waals surface area contributed by atoms with Gasteiger partial charge >= 0.3 is 21.1 Å². The largest absolute Gasteiger partial charge is 2.00 e. The van der Waals surface area contributed by atoms with E-state index in [9.17, 15) is 0 Å². The van der Waals surface area contributed by atoms with Gasteiger partial charge < -0.3 is 19.1 Å². The minimum absolute atomic E-state index is 0. The second-order valence-electron chi connectivity index (χ2n) is 9.80. The minimum Gasteiger partial charge on any atom is -0.460 e. The van der Waals surface area contributed by atoms with Crippen LogP contribution in [0.2, 0.25) is 0 Å². The van der Waals surface area contributed by atoms with Crippen LogP contribution >= 0.6 is 7.14 Å². The van der Waals surface area contributed by atoms with E-state index < -0.39 is 7.14 Å². The third-order valence-electron chi connectivity index (χ3n) is 6.85. The average Bonchev–Trinajstić information content (AvgIpc) is 3.22.